The number of methoxy groups -OCH3 is 2. The summed E-state index contributed by atoms with van der Waals surface area (Å²) in [6, 6.07) is 14.1. The number of nitrogens with zero attached hydrogens (tertiary/aromatic N) is 2. The number of halogens is 2. The topological polar surface area (TPSA) is 89.0 Å². The first kappa shape index (κ1) is 23.8. The summed E-state index contributed by atoms with van der Waals surface area (Å²) in [7, 11) is 2.94. The molecule has 7 nitrogen and oxygen atoms in total. The Hall–Kier alpha value is -3.95. The van der Waals surface area contributed by atoms with Crippen molar-refractivity contribution in [2.45, 2.75) is 6.04 Å². The van der Waals surface area contributed by atoms with Crippen molar-refractivity contribution in [3.63, 3.8) is 0 Å². The molecule has 0 saturated carbocycles. The summed E-state index contributed by atoms with van der Waals surface area (Å²) < 4.78 is 25.2. The normalized spacial score (nSPS) is 17.1. The van der Waals surface area contributed by atoms with E-state index in [1.807, 2.05) is 0 Å². The Balaban J connectivity index is 1.78. The molecule has 1 aliphatic heterocycles. The number of aliphatic hydroxyl groups is 1. The van der Waals surface area contributed by atoms with Crippen LogP contribution in [-0.4, -0.2) is 36.0 Å². The molecule has 0 bridgehead atoms. The number of thiazole rings is 1. The van der Waals surface area contributed by atoms with E-state index in [0.717, 1.165) is 11.3 Å². The molecule has 1 amide bonds. The summed E-state index contributed by atoms with van der Waals surface area (Å²) in [4.78, 5) is 32.5. The van der Waals surface area contributed by atoms with Crippen molar-refractivity contribution >= 4 is 55.7 Å². The molecule has 36 heavy (non-hydrogen) atoms. The highest BCUT2D eigenvalue weighted by Crippen LogP contribution is 2.47. The van der Waals surface area contributed by atoms with Gasteiger partial charge in [-0.1, -0.05) is 22.9 Å². The molecule has 1 aromatic heterocycles. The third-order valence-electron chi connectivity index (χ3n) is 5.84. The van der Waals surface area contributed by atoms with Gasteiger partial charge in [0.25, 0.3) is 5.78 Å². The van der Waals surface area contributed by atoms with Gasteiger partial charge in [0.2, 0.25) is 0 Å². The lowest BCUT2D eigenvalue weighted by molar-refractivity contribution is -0.132. The number of carbonyl (C=O) groups excluding carboxylic acids is 2. The molecule has 1 saturated heterocycles. The van der Waals surface area contributed by atoms with Crippen LogP contribution in [0, 0.1) is 5.82 Å². The molecule has 1 fully saturated rings. The molecule has 1 atom stereocenters. The molecular formula is C26H18ClFN2O5S. The van der Waals surface area contributed by atoms with Gasteiger partial charge in [-0.15, -0.1) is 0 Å². The van der Waals surface area contributed by atoms with Gasteiger partial charge in [0.15, 0.2) is 5.13 Å². The molecule has 0 unspecified atom stereocenters. The first-order valence-electron chi connectivity index (χ1n) is 10.7. The maximum absolute atomic E-state index is 13.8. The highest BCUT2D eigenvalue weighted by atomic mass is 35.5. The fourth-order valence-electron chi connectivity index (χ4n) is 4.13. The second-order valence-corrected chi connectivity index (χ2v) is 9.34. The molecule has 2 heterocycles. The van der Waals surface area contributed by atoms with Gasteiger partial charge in [0, 0.05) is 16.1 Å². The van der Waals surface area contributed by atoms with E-state index in [-0.39, 0.29) is 16.5 Å². The molecule has 4 aromatic rings. The minimum atomic E-state index is -1.10. The van der Waals surface area contributed by atoms with Crippen LogP contribution in [0.1, 0.15) is 17.2 Å². The fourth-order valence-corrected chi connectivity index (χ4v) is 5.27. The number of aromatic nitrogens is 1. The van der Waals surface area contributed by atoms with Crippen molar-refractivity contribution in [2.24, 2.45) is 0 Å². The van der Waals surface area contributed by atoms with Crippen LogP contribution in [0.4, 0.5) is 9.52 Å². The number of anilines is 1. The predicted molar refractivity (Wildman–Crippen MR) is 135 cm³/mol. The first-order valence-corrected chi connectivity index (χ1v) is 11.9. The van der Waals surface area contributed by atoms with Crippen LogP contribution in [0.25, 0.3) is 16.0 Å². The average Bonchev–Trinajstić information content (AvgIpc) is 3.41. The van der Waals surface area contributed by atoms with Crippen molar-refractivity contribution < 1.29 is 28.6 Å². The third kappa shape index (κ3) is 3.96. The molecule has 0 radical (unpaired) electrons. The number of hydrogen-bond acceptors (Lipinski definition) is 7. The SMILES string of the molecule is COc1ccc(OC)c([C@H]2/C(=C(\O)c3ccc(Cl)cc3)C(=O)C(=O)N2c2nc3ccc(F)cc3s2)c1. The Morgan fingerprint density at radius 3 is 2.50 bits per heavy atom. The van der Waals surface area contributed by atoms with E-state index in [0.29, 0.717) is 37.9 Å². The zero-order valence-corrected chi connectivity index (χ0v) is 20.6. The summed E-state index contributed by atoms with van der Waals surface area (Å²) in [5.74, 6) is -1.80. The molecule has 10 heteroatoms. The van der Waals surface area contributed by atoms with Crippen LogP contribution in [0.15, 0.2) is 66.2 Å². The van der Waals surface area contributed by atoms with Crippen molar-refractivity contribution in [2.75, 3.05) is 19.1 Å². The highest BCUT2D eigenvalue weighted by Gasteiger charge is 2.49. The number of hydrogen-bond donors (Lipinski definition) is 1. The second kappa shape index (κ2) is 9.25. The molecular weight excluding hydrogens is 507 g/mol. The summed E-state index contributed by atoms with van der Waals surface area (Å²) in [5.41, 5.74) is 1.01. The van der Waals surface area contributed by atoms with Crippen molar-refractivity contribution in [1.82, 2.24) is 4.98 Å². The number of amides is 1. The largest absolute Gasteiger partial charge is 0.507 e. The van der Waals surface area contributed by atoms with Crippen LogP contribution in [-0.2, 0) is 9.59 Å². The number of ketones is 1. The van der Waals surface area contributed by atoms with E-state index in [1.165, 1.54) is 37.3 Å². The predicted octanol–water partition coefficient (Wildman–Crippen LogP) is 5.73. The van der Waals surface area contributed by atoms with E-state index in [9.17, 15) is 19.1 Å². The lowest BCUT2D eigenvalue weighted by Crippen LogP contribution is -2.29. The maximum atomic E-state index is 13.8. The molecule has 3 aromatic carbocycles. The standard InChI is InChI=1S/C26H18ClFN2O5S/c1-34-16-8-10-19(35-2)17(12-16)22-21(23(31)13-3-5-14(27)6-4-13)24(32)25(33)30(22)26-29-18-9-7-15(28)11-20(18)36-26/h3-12,22,31H,1-2H3/b23-21+/t22-/m0/s1. The van der Waals surface area contributed by atoms with Crippen LogP contribution in [0.5, 0.6) is 11.5 Å². The lowest BCUT2D eigenvalue weighted by atomic mass is 9.94. The monoisotopic (exact) mass is 524 g/mol. The maximum Gasteiger partial charge on any atom is 0.301 e. The van der Waals surface area contributed by atoms with Gasteiger partial charge in [-0.3, -0.25) is 14.5 Å². The number of aliphatic hydroxyl groups excluding tert-OH is 1. The first-order chi connectivity index (χ1) is 17.3. The number of carbonyl (C=O) groups is 2. The molecule has 1 N–H and O–H groups in total. The van der Waals surface area contributed by atoms with Gasteiger partial charge in [-0.05, 0) is 60.7 Å². The van der Waals surface area contributed by atoms with Gasteiger partial charge in [-0.25, -0.2) is 9.37 Å². The Morgan fingerprint density at radius 1 is 1.06 bits per heavy atom. The molecule has 182 valence electrons. The Bertz CT molecular complexity index is 1550. The third-order valence-corrected chi connectivity index (χ3v) is 7.11. The summed E-state index contributed by atoms with van der Waals surface area (Å²) >= 11 is 7.04. The fraction of sp³-hybridized carbons (Fsp3) is 0.115. The van der Waals surface area contributed by atoms with E-state index in [4.69, 9.17) is 21.1 Å². The zero-order chi connectivity index (χ0) is 25.6. The van der Waals surface area contributed by atoms with Crippen LogP contribution < -0.4 is 14.4 Å². The van der Waals surface area contributed by atoms with Crippen molar-refractivity contribution in [1.29, 1.82) is 0 Å². The Kier molecular flexibility index (Phi) is 6.11. The van der Waals surface area contributed by atoms with Gasteiger partial charge < -0.3 is 14.6 Å². The Labute approximate surface area is 214 Å². The number of rotatable bonds is 5. The number of fused-ring (bicyclic) bond motifs is 1. The van der Waals surface area contributed by atoms with Crippen molar-refractivity contribution in [3.8, 4) is 11.5 Å². The lowest BCUT2D eigenvalue weighted by Gasteiger charge is -2.25. The van der Waals surface area contributed by atoms with Gasteiger partial charge in [-0.2, -0.15) is 0 Å². The highest BCUT2D eigenvalue weighted by molar-refractivity contribution is 7.22. The summed E-state index contributed by atoms with van der Waals surface area (Å²) in [5, 5.41) is 11.9. The van der Waals surface area contributed by atoms with Gasteiger partial charge >= 0.3 is 5.91 Å². The van der Waals surface area contributed by atoms with E-state index < -0.39 is 23.5 Å². The number of ether oxygens (including phenoxy) is 2. The minimum Gasteiger partial charge on any atom is -0.507 e. The average molecular weight is 525 g/mol. The zero-order valence-electron chi connectivity index (χ0n) is 19.0. The quantitative estimate of drug-likeness (QED) is 0.204. The summed E-state index contributed by atoms with van der Waals surface area (Å²) in [6.07, 6.45) is 0. The van der Waals surface area contributed by atoms with E-state index >= 15 is 0 Å². The van der Waals surface area contributed by atoms with Crippen LogP contribution in [0.2, 0.25) is 5.02 Å². The van der Waals surface area contributed by atoms with Crippen molar-refractivity contribution in [3.05, 3.63) is 88.2 Å². The summed E-state index contributed by atoms with van der Waals surface area (Å²) in [6.45, 7) is 0. The minimum absolute atomic E-state index is 0.153. The van der Waals surface area contributed by atoms with E-state index in [1.54, 1.807) is 42.5 Å². The second-order valence-electron chi connectivity index (χ2n) is 7.89. The smallest absolute Gasteiger partial charge is 0.301 e. The van der Waals surface area contributed by atoms with Crippen LogP contribution >= 0.6 is 22.9 Å². The molecule has 5 rings (SSSR count). The van der Waals surface area contributed by atoms with Crippen LogP contribution in [0.3, 0.4) is 0 Å². The number of Topliss-reactive ketones (excluding diaryl/α,β-unsaturated/α-hetero) is 1. The molecule has 1 aliphatic rings. The number of benzene rings is 3. The Morgan fingerprint density at radius 2 is 1.81 bits per heavy atom. The molecule has 0 aliphatic carbocycles. The van der Waals surface area contributed by atoms with Gasteiger partial charge in [0.1, 0.15) is 29.1 Å². The molecule has 0 spiro atoms. The van der Waals surface area contributed by atoms with E-state index in [2.05, 4.69) is 4.98 Å². The van der Waals surface area contributed by atoms with Gasteiger partial charge in [0.05, 0.1) is 30.0 Å².